The Balaban J connectivity index is 1.66. The van der Waals surface area contributed by atoms with Crippen molar-refractivity contribution >= 4 is 33.7 Å². The van der Waals surface area contributed by atoms with E-state index in [-0.39, 0.29) is 18.2 Å². The molecular weight excluding hydrogens is 424 g/mol. The molecule has 0 bridgehead atoms. The summed E-state index contributed by atoms with van der Waals surface area (Å²) in [6.07, 6.45) is 1.05. The molecule has 1 atom stereocenters. The molecule has 28 heavy (non-hydrogen) atoms. The van der Waals surface area contributed by atoms with Crippen molar-refractivity contribution in [2.75, 3.05) is 13.7 Å². The summed E-state index contributed by atoms with van der Waals surface area (Å²) in [6, 6.07) is 13.9. The third kappa shape index (κ3) is 4.25. The van der Waals surface area contributed by atoms with E-state index in [4.69, 9.17) is 4.74 Å². The van der Waals surface area contributed by atoms with E-state index in [0.717, 1.165) is 20.7 Å². The molecule has 1 fully saturated rings. The normalized spacial score (nSPS) is 18.9. The molecule has 0 radical (unpaired) electrons. The molecule has 146 valence electrons. The zero-order valence-electron chi connectivity index (χ0n) is 15.7. The lowest BCUT2D eigenvalue weighted by molar-refractivity contribution is -0.130. The molecule has 1 N–H and O–H groups in total. The van der Waals surface area contributed by atoms with Gasteiger partial charge in [0.15, 0.2) is 5.78 Å². The van der Waals surface area contributed by atoms with E-state index in [1.165, 1.54) is 0 Å². The summed E-state index contributed by atoms with van der Waals surface area (Å²) < 4.78 is 5.90. The first-order chi connectivity index (χ1) is 13.3. The molecule has 2 aromatic rings. The van der Waals surface area contributed by atoms with Gasteiger partial charge in [-0.1, -0.05) is 40.2 Å². The van der Waals surface area contributed by atoms with E-state index >= 15 is 0 Å². The third-order valence-electron chi connectivity index (χ3n) is 4.87. The Morgan fingerprint density at radius 2 is 1.89 bits per heavy atom. The molecule has 1 heterocycles. The second-order valence-electron chi connectivity index (χ2n) is 6.94. The molecule has 1 aliphatic rings. The predicted octanol–water partition coefficient (Wildman–Crippen LogP) is 3.58. The number of methoxy groups -OCH3 is 1. The number of benzene rings is 2. The van der Waals surface area contributed by atoms with Gasteiger partial charge in [0.05, 0.1) is 13.7 Å². The van der Waals surface area contributed by atoms with Gasteiger partial charge in [-0.2, -0.15) is 0 Å². The summed E-state index contributed by atoms with van der Waals surface area (Å²) in [5.74, 6) is 0.0935. The van der Waals surface area contributed by atoms with Crippen LogP contribution >= 0.6 is 15.9 Å². The zero-order chi connectivity index (χ0) is 20.3. The van der Waals surface area contributed by atoms with Gasteiger partial charge in [0.2, 0.25) is 0 Å². The summed E-state index contributed by atoms with van der Waals surface area (Å²) in [6.45, 7) is 1.42. The quantitative estimate of drug-likeness (QED) is 0.522. The van der Waals surface area contributed by atoms with Gasteiger partial charge < -0.3 is 10.1 Å². The van der Waals surface area contributed by atoms with Crippen LogP contribution in [0.5, 0.6) is 5.75 Å². The Bertz CT molecular complexity index is 913. The van der Waals surface area contributed by atoms with Gasteiger partial charge in [0, 0.05) is 10.0 Å². The number of ether oxygens (including phenoxy) is 1. The summed E-state index contributed by atoms with van der Waals surface area (Å²) in [7, 11) is 1.60. The standard InChI is InChI=1S/C21H21BrN2O4/c1-21(11-10-14-6-8-17(28-2)9-7-14)19(26)24(20(27)23-21)13-18(25)15-4-3-5-16(22)12-15/h3-9,12H,10-11,13H2,1-2H3,(H,23,27)/t21-/m0/s1. The van der Waals surface area contributed by atoms with Crippen molar-refractivity contribution in [3.8, 4) is 5.75 Å². The minimum absolute atomic E-state index is 0.279. The van der Waals surface area contributed by atoms with Gasteiger partial charge in [-0.25, -0.2) is 4.79 Å². The Hall–Kier alpha value is -2.67. The van der Waals surface area contributed by atoms with E-state index in [0.29, 0.717) is 18.4 Å². The number of hydrogen-bond acceptors (Lipinski definition) is 4. The minimum atomic E-state index is -1.03. The third-order valence-corrected chi connectivity index (χ3v) is 5.36. The van der Waals surface area contributed by atoms with Crippen molar-refractivity contribution in [3.63, 3.8) is 0 Å². The van der Waals surface area contributed by atoms with E-state index in [1.54, 1.807) is 38.3 Å². The number of carbonyl (C=O) groups excluding carboxylic acids is 3. The first-order valence-electron chi connectivity index (χ1n) is 8.88. The fourth-order valence-corrected chi connectivity index (χ4v) is 3.54. The number of hydrogen-bond donors (Lipinski definition) is 1. The van der Waals surface area contributed by atoms with Crippen LogP contribution < -0.4 is 10.1 Å². The Kier molecular flexibility index (Phi) is 5.84. The molecule has 0 aliphatic carbocycles. The number of amides is 3. The fraction of sp³-hybridized carbons (Fsp3) is 0.286. The van der Waals surface area contributed by atoms with Gasteiger partial charge in [-0.15, -0.1) is 0 Å². The number of carbonyl (C=O) groups is 3. The van der Waals surface area contributed by atoms with Crippen LogP contribution in [0.15, 0.2) is 53.0 Å². The van der Waals surface area contributed by atoms with Crippen LogP contribution in [-0.2, 0) is 11.2 Å². The average Bonchev–Trinajstić information content (AvgIpc) is 2.90. The Morgan fingerprint density at radius 3 is 2.54 bits per heavy atom. The van der Waals surface area contributed by atoms with Crippen LogP contribution in [0.25, 0.3) is 0 Å². The van der Waals surface area contributed by atoms with Crippen LogP contribution in [-0.4, -0.2) is 41.8 Å². The lowest BCUT2D eigenvalue weighted by Gasteiger charge is -2.21. The van der Waals surface area contributed by atoms with E-state index in [9.17, 15) is 14.4 Å². The van der Waals surface area contributed by atoms with Crippen molar-refractivity contribution in [2.24, 2.45) is 0 Å². The molecule has 0 spiro atoms. The summed E-state index contributed by atoms with van der Waals surface area (Å²) >= 11 is 3.32. The molecule has 0 aromatic heterocycles. The van der Waals surface area contributed by atoms with Crippen molar-refractivity contribution in [1.82, 2.24) is 10.2 Å². The van der Waals surface area contributed by atoms with Crippen LogP contribution in [0, 0.1) is 0 Å². The maximum Gasteiger partial charge on any atom is 0.325 e. The molecular formula is C21H21BrN2O4. The SMILES string of the molecule is COc1ccc(CC[C@]2(C)NC(=O)N(CC(=O)c3cccc(Br)c3)C2=O)cc1. The number of urea groups is 1. The Labute approximate surface area is 172 Å². The highest BCUT2D eigenvalue weighted by Gasteiger charge is 2.47. The molecule has 0 saturated carbocycles. The smallest absolute Gasteiger partial charge is 0.325 e. The van der Waals surface area contributed by atoms with Gasteiger partial charge >= 0.3 is 6.03 Å². The number of ketones is 1. The number of imide groups is 1. The molecule has 7 heteroatoms. The van der Waals surface area contributed by atoms with Crippen molar-refractivity contribution in [3.05, 3.63) is 64.1 Å². The van der Waals surface area contributed by atoms with Crippen LogP contribution in [0.2, 0.25) is 0 Å². The number of halogens is 1. The molecule has 3 rings (SSSR count). The highest BCUT2D eigenvalue weighted by molar-refractivity contribution is 9.10. The predicted molar refractivity (Wildman–Crippen MR) is 108 cm³/mol. The molecule has 1 saturated heterocycles. The summed E-state index contributed by atoms with van der Waals surface area (Å²) in [4.78, 5) is 38.7. The van der Waals surface area contributed by atoms with Crippen molar-refractivity contribution in [2.45, 2.75) is 25.3 Å². The second kappa shape index (κ2) is 8.14. The number of Topliss-reactive ketones (excluding diaryl/α,β-unsaturated/α-hetero) is 1. The number of rotatable bonds is 7. The minimum Gasteiger partial charge on any atom is -0.497 e. The van der Waals surface area contributed by atoms with Gasteiger partial charge in [-0.05, 0) is 49.6 Å². The van der Waals surface area contributed by atoms with Crippen molar-refractivity contribution < 1.29 is 19.1 Å². The first kappa shape index (κ1) is 20.1. The highest BCUT2D eigenvalue weighted by Crippen LogP contribution is 2.24. The molecule has 2 aromatic carbocycles. The molecule has 3 amide bonds. The van der Waals surface area contributed by atoms with E-state index in [1.807, 2.05) is 24.3 Å². The summed E-state index contributed by atoms with van der Waals surface area (Å²) in [5, 5.41) is 2.74. The van der Waals surface area contributed by atoms with E-state index in [2.05, 4.69) is 21.2 Å². The number of nitrogens with zero attached hydrogens (tertiary/aromatic N) is 1. The first-order valence-corrected chi connectivity index (χ1v) is 9.67. The molecule has 0 unspecified atom stereocenters. The molecule has 6 nitrogen and oxygen atoms in total. The van der Waals surface area contributed by atoms with E-state index < -0.39 is 11.6 Å². The van der Waals surface area contributed by atoms with Crippen LogP contribution in [0.1, 0.15) is 29.3 Å². The van der Waals surface area contributed by atoms with Crippen LogP contribution in [0.4, 0.5) is 4.79 Å². The maximum atomic E-state index is 12.9. The second-order valence-corrected chi connectivity index (χ2v) is 7.85. The highest BCUT2D eigenvalue weighted by atomic mass is 79.9. The molecule has 1 aliphatic heterocycles. The van der Waals surface area contributed by atoms with Crippen molar-refractivity contribution in [1.29, 1.82) is 0 Å². The maximum absolute atomic E-state index is 12.9. The van der Waals surface area contributed by atoms with Gasteiger partial charge in [-0.3, -0.25) is 14.5 Å². The topological polar surface area (TPSA) is 75.7 Å². The van der Waals surface area contributed by atoms with Gasteiger partial charge in [0.25, 0.3) is 5.91 Å². The Morgan fingerprint density at radius 1 is 1.18 bits per heavy atom. The fourth-order valence-electron chi connectivity index (χ4n) is 3.14. The average molecular weight is 445 g/mol. The summed E-state index contributed by atoms with van der Waals surface area (Å²) in [5.41, 5.74) is 0.448. The largest absolute Gasteiger partial charge is 0.497 e. The monoisotopic (exact) mass is 444 g/mol. The van der Waals surface area contributed by atoms with Gasteiger partial charge in [0.1, 0.15) is 11.3 Å². The number of nitrogens with one attached hydrogen (secondary N) is 1. The zero-order valence-corrected chi connectivity index (χ0v) is 17.3. The number of aryl methyl sites for hydroxylation is 1. The lowest BCUT2D eigenvalue weighted by Crippen LogP contribution is -2.44. The lowest BCUT2D eigenvalue weighted by atomic mass is 9.93. The van der Waals surface area contributed by atoms with Crippen LogP contribution in [0.3, 0.4) is 0 Å².